The van der Waals surface area contributed by atoms with Crippen molar-refractivity contribution in [2.24, 2.45) is 0 Å². The Morgan fingerprint density at radius 3 is 2.72 bits per heavy atom. The predicted molar refractivity (Wildman–Crippen MR) is 122 cm³/mol. The average Bonchev–Trinajstić information content (AvgIpc) is 2.73. The molecule has 0 unspecified atom stereocenters. The summed E-state index contributed by atoms with van der Waals surface area (Å²) in [5.74, 6) is 0. The van der Waals surface area contributed by atoms with Crippen LogP contribution in [0.1, 0.15) is 24.1 Å². The summed E-state index contributed by atoms with van der Waals surface area (Å²) < 4.78 is 1.75. The van der Waals surface area contributed by atoms with Gasteiger partial charge in [0, 0.05) is 36.8 Å². The van der Waals surface area contributed by atoms with Crippen molar-refractivity contribution in [1.82, 2.24) is 14.8 Å². The van der Waals surface area contributed by atoms with Gasteiger partial charge in [0.05, 0.1) is 11.4 Å². The standard InChI is InChI=1S/C23H29ClN4O/c1-2-3-7-22-21(25)8-9-23(29)28(22)15-14-27-12-10-20(11-13-27)26-17-18-5-4-6-19(24)16-18/h2-9,16,20,26H,1,10-15,17,25H2/b7-3-. The fourth-order valence-electron chi connectivity index (χ4n) is 3.70. The number of nitrogens with one attached hydrogen (secondary N) is 1. The lowest BCUT2D eigenvalue weighted by molar-refractivity contribution is 0.190. The maximum atomic E-state index is 12.3. The number of hydrogen-bond acceptors (Lipinski definition) is 4. The number of piperidine rings is 1. The summed E-state index contributed by atoms with van der Waals surface area (Å²) in [5, 5.41) is 4.41. The van der Waals surface area contributed by atoms with Crippen molar-refractivity contribution in [3.8, 4) is 0 Å². The van der Waals surface area contributed by atoms with Crippen LogP contribution in [0.4, 0.5) is 5.69 Å². The van der Waals surface area contributed by atoms with Gasteiger partial charge < -0.3 is 20.5 Å². The van der Waals surface area contributed by atoms with Gasteiger partial charge in [0.15, 0.2) is 0 Å². The molecule has 0 saturated carbocycles. The van der Waals surface area contributed by atoms with E-state index in [0.717, 1.165) is 49.7 Å². The Bertz CT molecular complexity index is 913. The number of pyridine rings is 1. The summed E-state index contributed by atoms with van der Waals surface area (Å²) in [6.07, 6.45) is 7.52. The number of aromatic nitrogens is 1. The Kier molecular flexibility index (Phi) is 7.69. The highest BCUT2D eigenvalue weighted by Gasteiger charge is 2.19. The van der Waals surface area contributed by atoms with E-state index >= 15 is 0 Å². The topological polar surface area (TPSA) is 63.3 Å². The molecule has 154 valence electrons. The molecular formula is C23H29ClN4O. The zero-order valence-corrected chi connectivity index (χ0v) is 17.4. The first-order valence-electron chi connectivity index (χ1n) is 10.1. The van der Waals surface area contributed by atoms with Gasteiger partial charge in [0.25, 0.3) is 5.56 Å². The number of halogens is 1. The van der Waals surface area contributed by atoms with Gasteiger partial charge >= 0.3 is 0 Å². The number of nitrogens with two attached hydrogens (primary N) is 1. The smallest absolute Gasteiger partial charge is 0.251 e. The van der Waals surface area contributed by atoms with Crippen LogP contribution >= 0.6 is 11.6 Å². The van der Waals surface area contributed by atoms with E-state index < -0.39 is 0 Å². The summed E-state index contributed by atoms with van der Waals surface area (Å²) >= 11 is 6.06. The molecule has 1 aliphatic heterocycles. The van der Waals surface area contributed by atoms with Crippen LogP contribution in [0.5, 0.6) is 0 Å². The zero-order valence-electron chi connectivity index (χ0n) is 16.7. The van der Waals surface area contributed by atoms with E-state index in [1.807, 2.05) is 24.3 Å². The minimum absolute atomic E-state index is 0.0269. The maximum Gasteiger partial charge on any atom is 0.251 e. The first-order chi connectivity index (χ1) is 14.1. The van der Waals surface area contributed by atoms with Gasteiger partial charge in [0.2, 0.25) is 0 Å². The zero-order chi connectivity index (χ0) is 20.6. The summed E-state index contributed by atoms with van der Waals surface area (Å²) in [6, 6.07) is 11.7. The molecule has 0 atom stereocenters. The van der Waals surface area contributed by atoms with Gasteiger partial charge in [0.1, 0.15) is 0 Å². The SMILES string of the molecule is C=C/C=C\c1c(N)ccc(=O)n1CCN1CCC(NCc2cccc(Cl)c2)CC1. The number of benzene rings is 1. The predicted octanol–water partition coefficient (Wildman–Crippen LogP) is 3.54. The molecule has 3 N–H and O–H groups in total. The van der Waals surface area contributed by atoms with Crippen LogP contribution in [-0.4, -0.2) is 35.1 Å². The van der Waals surface area contributed by atoms with Gasteiger partial charge in [-0.25, -0.2) is 0 Å². The van der Waals surface area contributed by atoms with E-state index in [1.165, 1.54) is 11.6 Å². The molecule has 29 heavy (non-hydrogen) atoms. The van der Waals surface area contributed by atoms with Crippen molar-refractivity contribution < 1.29 is 0 Å². The Morgan fingerprint density at radius 1 is 1.21 bits per heavy atom. The number of nitrogen functional groups attached to an aromatic ring is 1. The first kappa shape index (κ1) is 21.4. The molecule has 1 aromatic carbocycles. The quantitative estimate of drug-likeness (QED) is 0.651. The Hall–Kier alpha value is -2.34. The lowest BCUT2D eigenvalue weighted by atomic mass is 10.0. The van der Waals surface area contributed by atoms with Crippen LogP contribution in [-0.2, 0) is 13.1 Å². The average molecular weight is 413 g/mol. The highest BCUT2D eigenvalue weighted by molar-refractivity contribution is 6.30. The third-order valence-corrected chi connectivity index (χ3v) is 5.59. The second kappa shape index (κ2) is 10.4. The van der Waals surface area contributed by atoms with Gasteiger partial charge in [-0.15, -0.1) is 0 Å². The first-order valence-corrected chi connectivity index (χ1v) is 10.4. The van der Waals surface area contributed by atoms with E-state index in [2.05, 4.69) is 22.9 Å². The lowest BCUT2D eigenvalue weighted by Gasteiger charge is -2.32. The van der Waals surface area contributed by atoms with Crippen molar-refractivity contribution >= 4 is 23.4 Å². The van der Waals surface area contributed by atoms with Crippen LogP contribution in [0.15, 0.2) is 59.9 Å². The third-order valence-electron chi connectivity index (χ3n) is 5.36. The second-order valence-electron chi connectivity index (χ2n) is 7.39. The molecule has 2 heterocycles. The molecule has 1 saturated heterocycles. The van der Waals surface area contributed by atoms with Crippen LogP contribution < -0.4 is 16.6 Å². The molecular weight excluding hydrogens is 384 g/mol. The van der Waals surface area contributed by atoms with Gasteiger partial charge in [-0.05, 0) is 55.8 Å². The summed E-state index contributed by atoms with van der Waals surface area (Å²) in [7, 11) is 0. The Labute approximate surface area is 177 Å². The van der Waals surface area contributed by atoms with Crippen LogP contribution in [0.25, 0.3) is 6.08 Å². The molecule has 1 fully saturated rings. The van der Waals surface area contributed by atoms with E-state index in [9.17, 15) is 4.79 Å². The molecule has 0 spiro atoms. The second-order valence-corrected chi connectivity index (χ2v) is 7.82. The van der Waals surface area contributed by atoms with E-state index in [-0.39, 0.29) is 5.56 Å². The van der Waals surface area contributed by atoms with Crippen molar-refractivity contribution in [2.45, 2.75) is 32.0 Å². The van der Waals surface area contributed by atoms with Crippen LogP contribution in [0.3, 0.4) is 0 Å². The molecule has 3 rings (SSSR count). The molecule has 0 aliphatic carbocycles. The summed E-state index contributed by atoms with van der Waals surface area (Å²) in [5.41, 5.74) is 8.60. The minimum Gasteiger partial charge on any atom is -0.397 e. The number of allylic oxidation sites excluding steroid dienone is 2. The van der Waals surface area contributed by atoms with E-state index in [0.29, 0.717) is 18.3 Å². The third kappa shape index (κ3) is 6.07. The maximum absolute atomic E-state index is 12.3. The fraction of sp³-hybridized carbons (Fsp3) is 0.348. The molecule has 0 bridgehead atoms. The summed E-state index contributed by atoms with van der Waals surface area (Å²) in [4.78, 5) is 14.7. The van der Waals surface area contributed by atoms with Crippen molar-refractivity contribution in [3.63, 3.8) is 0 Å². The number of nitrogens with zero attached hydrogens (tertiary/aromatic N) is 2. The molecule has 0 amide bonds. The fourth-order valence-corrected chi connectivity index (χ4v) is 3.91. The van der Waals surface area contributed by atoms with Crippen molar-refractivity contribution in [3.05, 3.63) is 81.8 Å². The van der Waals surface area contributed by atoms with Crippen LogP contribution in [0, 0.1) is 0 Å². The number of likely N-dealkylation sites (tertiary alicyclic amines) is 1. The Morgan fingerprint density at radius 2 is 2.00 bits per heavy atom. The molecule has 1 aliphatic rings. The molecule has 1 aromatic heterocycles. The van der Waals surface area contributed by atoms with Crippen molar-refractivity contribution in [1.29, 1.82) is 0 Å². The molecule has 6 heteroatoms. The highest BCUT2D eigenvalue weighted by Crippen LogP contribution is 2.15. The minimum atomic E-state index is -0.0269. The number of hydrogen-bond donors (Lipinski definition) is 2. The monoisotopic (exact) mass is 412 g/mol. The van der Waals surface area contributed by atoms with Gasteiger partial charge in [-0.3, -0.25) is 4.79 Å². The Balaban J connectivity index is 1.50. The van der Waals surface area contributed by atoms with Gasteiger partial charge in [-0.1, -0.05) is 42.5 Å². The van der Waals surface area contributed by atoms with Crippen LogP contribution in [0.2, 0.25) is 5.02 Å². The number of anilines is 1. The lowest BCUT2D eigenvalue weighted by Crippen LogP contribution is -2.43. The normalized spacial score (nSPS) is 15.8. The van der Waals surface area contributed by atoms with Crippen molar-refractivity contribution in [2.75, 3.05) is 25.4 Å². The van der Waals surface area contributed by atoms with E-state index in [1.54, 1.807) is 22.8 Å². The van der Waals surface area contributed by atoms with E-state index in [4.69, 9.17) is 17.3 Å². The molecule has 0 radical (unpaired) electrons. The summed E-state index contributed by atoms with van der Waals surface area (Å²) in [6.45, 7) is 8.01. The highest BCUT2D eigenvalue weighted by atomic mass is 35.5. The number of rotatable bonds is 8. The molecule has 2 aromatic rings. The largest absolute Gasteiger partial charge is 0.397 e. The van der Waals surface area contributed by atoms with Gasteiger partial charge in [-0.2, -0.15) is 0 Å². The molecule has 5 nitrogen and oxygen atoms in total.